The van der Waals surface area contributed by atoms with Crippen LogP contribution in [0.25, 0.3) is 10.9 Å². The van der Waals surface area contributed by atoms with E-state index < -0.39 is 0 Å². The summed E-state index contributed by atoms with van der Waals surface area (Å²) >= 11 is 1.44. The second-order valence-electron chi connectivity index (χ2n) is 8.62. The van der Waals surface area contributed by atoms with Crippen molar-refractivity contribution in [1.82, 2.24) is 30.0 Å². The lowest BCUT2D eigenvalue weighted by atomic mass is 10.0. The number of benzene rings is 1. The van der Waals surface area contributed by atoms with Gasteiger partial charge in [-0.25, -0.2) is 4.98 Å². The predicted octanol–water partition coefficient (Wildman–Crippen LogP) is 4.08. The van der Waals surface area contributed by atoms with Gasteiger partial charge in [0.2, 0.25) is 0 Å². The smallest absolute Gasteiger partial charge is 0.263 e. The molecule has 1 aliphatic rings. The van der Waals surface area contributed by atoms with Crippen molar-refractivity contribution in [1.29, 1.82) is 0 Å². The van der Waals surface area contributed by atoms with Crippen molar-refractivity contribution in [2.24, 2.45) is 0 Å². The molecule has 0 aliphatic carbocycles. The van der Waals surface area contributed by atoms with Gasteiger partial charge < -0.3 is 19.8 Å². The number of unbranched alkanes of at least 4 members (excludes halogenated alkanes) is 1. The van der Waals surface area contributed by atoms with Crippen molar-refractivity contribution in [3.8, 4) is 0 Å². The molecule has 1 unspecified atom stereocenters. The molecular weight excluding hydrogens is 434 g/mol. The van der Waals surface area contributed by atoms with Crippen LogP contribution in [0.1, 0.15) is 53.1 Å². The Kier molecular flexibility index (Phi) is 6.13. The number of para-hydroxylation sites is 1. The Morgan fingerprint density at radius 1 is 1.27 bits per heavy atom. The van der Waals surface area contributed by atoms with Gasteiger partial charge in [0.15, 0.2) is 11.0 Å². The fraction of sp³-hybridized carbons (Fsp3) is 0.417. The molecule has 0 bridgehead atoms. The van der Waals surface area contributed by atoms with Crippen LogP contribution in [0.4, 0.5) is 5.13 Å². The number of anilines is 1. The van der Waals surface area contributed by atoms with E-state index in [1.54, 1.807) is 6.20 Å². The molecule has 1 aromatic carbocycles. The zero-order valence-corrected chi connectivity index (χ0v) is 19.9. The number of hydrogen-bond donors (Lipinski definition) is 2. The first-order valence-corrected chi connectivity index (χ1v) is 12.4. The average Bonchev–Trinajstić information content (AvgIpc) is 3.57. The highest BCUT2D eigenvalue weighted by Crippen LogP contribution is 2.27. The van der Waals surface area contributed by atoms with Crippen LogP contribution in [0, 0.1) is 6.92 Å². The number of aromatic amines is 1. The summed E-state index contributed by atoms with van der Waals surface area (Å²) < 4.78 is 2.14. The normalized spacial score (nSPS) is 14.4. The van der Waals surface area contributed by atoms with E-state index in [9.17, 15) is 4.79 Å². The Hall–Kier alpha value is -3.20. The van der Waals surface area contributed by atoms with Gasteiger partial charge in [0.1, 0.15) is 10.7 Å². The highest BCUT2D eigenvalue weighted by Gasteiger charge is 2.24. The minimum atomic E-state index is -0.0456. The number of amides is 1. The molecule has 1 amide bonds. The summed E-state index contributed by atoms with van der Waals surface area (Å²) in [6.07, 6.45) is 7.70. The molecule has 0 radical (unpaired) electrons. The molecule has 4 heterocycles. The Labute approximate surface area is 197 Å². The SMILES string of the molecule is CCCCC(Cc1c[nH]c2ccccc12)NC(=O)c1cnc(N2CCn3c(C)nnc3C2)s1. The zero-order chi connectivity index (χ0) is 22.8. The van der Waals surface area contributed by atoms with E-state index in [-0.39, 0.29) is 11.9 Å². The molecule has 0 saturated heterocycles. The molecule has 0 fully saturated rings. The van der Waals surface area contributed by atoms with Crippen molar-refractivity contribution < 1.29 is 4.79 Å². The lowest BCUT2D eigenvalue weighted by molar-refractivity contribution is 0.0938. The van der Waals surface area contributed by atoms with Crippen LogP contribution in [0.15, 0.2) is 36.7 Å². The van der Waals surface area contributed by atoms with E-state index in [1.807, 2.05) is 13.0 Å². The number of hydrogen-bond acceptors (Lipinski definition) is 6. The molecule has 4 aromatic rings. The molecule has 8 nitrogen and oxygen atoms in total. The Balaban J connectivity index is 1.27. The van der Waals surface area contributed by atoms with Gasteiger partial charge in [0, 0.05) is 36.2 Å². The summed E-state index contributed by atoms with van der Waals surface area (Å²) in [7, 11) is 0. The third kappa shape index (κ3) is 4.50. The number of aryl methyl sites for hydroxylation is 1. The van der Waals surface area contributed by atoms with Gasteiger partial charge in [-0.05, 0) is 31.4 Å². The molecule has 3 aromatic heterocycles. The maximum absolute atomic E-state index is 13.1. The summed E-state index contributed by atoms with van der Waals surface area (Å²) in [6, 6.07) is 8.40. The highest BCUT2D eigenvalue weighted by atomic mass is 32.1. The minimum absolute atomic E-state index is 0.0456. The number of thiazole rings is 1. The van der Waals surface area contributed by atoms with Crippen LogP contribution in [-0.4, -0.2) is 43.2 Å². The summed E-state index contributed by atoms with van der Waals surface area (Å²) in [5.74, 6) is 1.84. The van der Waals surface area contributed by atoms with Gasteiger partial charge in [-0.15, -0.1) is 10.2 Å². The summed E-state index contributed by atoms with van der Waals surface area (Å²) in [6.45, 7) is 6.48. The summed E-state index contributed by atoms with van der Waals surface area (Å²) in [5, 5.41) is 13.8. The van der Waals surface area contributed by atoms with E-state index in [1.165, 1.54) is 22.3 Å². The fourth-order valence-electron chi connectivity index (χ4n) is 4.48. The highest BCUT2D eigenvalue weighted by molar-refractivity contribution is 7.17. The molecule has 33 heavy (non-hydrogen) atoms. The molecule has 1 atom stereocenters. The Morgan fingerprint density at radius 3 is 3.03 bits per heavy atom. The topological polar surface area (TPSA) is 91.7 Å². The molecule has 2 N–H and O–H groups in total. The molecule has 9 heteroatoms. The van der Waals surface area contributed by atoms with Crippen LogP contribution < -0.4 is 10.2 Å². The van der Waals surface area contributed by atoms with Gasteiger partial charge in [-0.2, -0.15) is 0 Å². The monoisotopic (exact) mass is 463 g/mol. The summed E-state index contributed by atoms with van der Waals surface area (Å²) in [5.41, 5.74) is 2.37. The Bertz CT molecular complexity index is 1260. The van der Waals surface area contributed by atoms with Gasteiger partial charge in [-0.1, -0.05) is 49.3 Å². The van der Waals surface area contributed by atoms with Crippen LogP contribution >= 0.6 is 11.3 Å². The number of rotatable bonds is 8. The largest absolute Gasteiger partial charge is 0.361 e. The molecule has 1 aliphatic heterocycles. The van der Waals surface area contributed by atoms with E-state index >= 15 is 0 Å². The van der Waals surface area contributed by atoms with Crippen molar-refractivity contribution in [3.05, 3.63) is 58.7 Å². The number of nitrogens with zero attached hydrogens (tertiary/aromatic N) is 5. The number of nitrogens with one attached hydrogen (secondary N) is 2. The minimum Gasteiger partial charge on any atom is -0.361 e. The lowest BCUT2D eigenvalue weighted by Gasteiger charge is -2.27. The third-order valence-electron chi connectivity index (χ3n) is 6.31. The first-order chi connectivity index (χ1) is 16.1. The second kappa shape index (κ2) is 9.35. The number of carbonyl (C=O) groups is 1. The van der Waals surface area contributed by atoms with E-state index in [0.717, 1.165) is 61.1 Å². The van der Waals surface area contributed by atoms with E-state index in [0.29, 0.717) is 11.4 Å². The molecule has 5 rings (SSSR count). The van der Waals surface area contributed by atoms with Crippen LogP contribution in [0.2, 0.25) is 0 Å². The number of carbonyl (C=O) groups excluding carboxylic acids is 1. The number of aromatic nitrogens is 5. The molecule has 0 spiro atoms. The van der Waals surface area contributed by atoms with Crippen LogP contribution in [-0.2, 0) is 19.5 Å². The number of fused-ring (bicyclic) bond motifs is 2. The first kappa shape index (κ1) is 21.6. The predicted molar refractivity (Wildman–Crippen MR) is 131 cm³/mol. The van der Waals surface area contributed by atoms with Gasteiger partial charge in [0.05, 0.1) is 12.7 Å². The maximum atomic E-state index is 13.1. The number of H-pyrrole nitrogens is 1. The zero-order valence-electron chi connectivity index (χ0n) is 19.0. The molecule has 0 saturated carbocycles. The van der Waals surface area contributed by atoms with Crippen molar-refractivity contribution in [2.45, 2.75) is 58.7 Å². The molecular formula is C24H29N7OS. The van der Waals surface area contributed by atoms with Crippen molar-refractivity contribution in [2.75, 3.05) is 11.4 Å². The molecule has 172 valence electrons. The van der Waals surface area contributed by atoms with Gasteiger partial charge in [-0.3, -0.25) is 4.79 Å². The lowest BCUT2D eigenvalue weighted by Crippen LogP contribution is -2.36. The van der Waals surface area contributed by atoms with Crippen LogP contribution in [0.5, 0.6) is 0 Å². The quantitative estimate of drug-likeness (QED) is 0.411. The van der Waals surface area contributed by atoms with Crippen LogP contribution in [0.3, 0.4) is 0 Å². The second-order valence-corrected chi connectivity index (χ2v) is 9.63. The first-order valence-electron chi connectivity index (χ1n) is 11.6. The van der Waals surface area contributed by atoms with Gasteiger partial charge in [0.25, 0.3) is 5.91 Å². The average molecular weight is 464 g/mol. The third-order valence-corrected chi connectivity index (χ3v) is 7.37. The summed E-state index contributed by atoms with van der Waals surface area (Å²) in [4.78, 5) is 23.8. The standard InChI is InChI=1S/C24H29N7OS/c1-3-4-7-18(12-17-13-25-20-9-6-5-8-19(17)20)27-23(32)21-14-26-24(33-21)30-10-11-31-16(2)28-29-22(31)15-30/h5-6,8-9,13-14,18,25H,3-4,7,10-12,15H2,1-2H3,(H,27,32). The Morgan fingerprint density at radius 2 is 2.15 bits per heavy atom. The van der Waals surface area contributed by atoms with E-state index in [2.05, 4.69) is 66.3 Å². The van der Waals surface area contributed by atoms with Gasteiger partial charge >= 0.3 is 0 Å². The fourth-order valence-corrected chi connectivity index (χ4v) is 5.32. The maximum Gasteiger partial charge on any atom is 0.263 e. The van der Waals surface area contributed by atoms with Crippen molar-refractivity contribution >= 4 is 33.3 Å². The van der Waals surface area contributed by atoms with E-state index in [4.69, 9.17) is 0 Å². The van der Waals surface area contributed by atoms with Crippen molar-refractivity contribution in [3.63, 3.8) is 0 Å².